The van der Waals surface area contributed by atoms with Crippen LogP contribution in [0.2, 0.25) is 0 Å². The lowest BCUT2D eigenvalue weighted by Gasteiger charge is -2.16. The standard InChI is InChI=1S/C17H16F3N3O5/c1-3-27-16(24)9-21-13-5-4-11(8-12(13)17(18,19)20)28-15-7-6-14(23(25)26)10(2)22-15/h4-8,21H,3,9H2,1-2H3. The maximum absolute atomic E-state index is 13.3. The zero-order valence-corrected chi connectivity index (χ0v) is 14.9. The van der Waals surface area contributed by atoms with Crippen molar-refractivity contribution >= 4 is 17.3 Å². The van der Waals surface area contributed by atoms with Crippen LogP contribution in [0, 0.1) is 17.0 Å². The van der Waals surface area contributed by atoms with Gasteiger partial charge in [0.15, 0.2) is 0 Å². The number of alkyl halides is 3. The highest BCUT2D eigenvalue weighted by Gasteiger charge is 2.34. The number of carbonyl (C=O) groups is 1. The second-order valence-corrected chi connectivity index (χ2v) is 5.48. The van der Waals surface area contributed by atoms with Crippen molar-refractivity contribution in [3.63, 3.8) is 0 Å². The number of pyridine rings is 1. The van der Waals surface area contributed by atoms with Gasteiger partial charge in [0.2, 0.25) is 5.88 Å². The molecule has 28 heavy (non-hydrogen) atoms. The number of carbonyl (C=O) groups excluding carboxylic acids is 1. The fourth-order valence-electron chi connectivity index (χ4n) is 2.26. The first kappa shape index (κ1) is 20.9. The molecule has 0 aliphatic carbocycles. The van der Waals surface area contributed by atoms with E-state index in [1.54, 1.807) is 6.92 Å². The summed E-state index contributed by atoms with van der Waals surface area (Å²) in [6, 6.07) is 5.44. The fourth-order valence-corrected chi connectivity index (χ4v) is 2.26. The number of anilines is 1. The fraction of sp³-hybridized carbons (Fsp3) is 0.294. The number of aromatic nitrogens is 1. The van der Waals surface area contributed by atoms with Gasteiger partial charge in [-0.2, -0.15) is 13.2 Å². The van der Waals surface area contributed by atoms with Gasteiger partial charge >= 0.3 is 12.1 Å². The van der Waals surface area contributed by atoms with Gasteiger partial charge in [-0.1, -0.05) is 0 Å². The predicted molar refractivity (Wildman–Crippen MR) is 92.3 cm³/mol. The molecule has 0 spiro atoms. The molecular formula is C17H16F3N3O5. The van der Waals surface area contributed by atoms with Crippen LogP contribution in [0.25, 0.3) is 0 Å². The van der Waals surface area contributed by atoms with Gasteiger partial charge in [-0.05, 0) is 32.0 Å². The number of rotatable bonds is 7. The van der Waals surface area contributed by atoms with Crippen molar-refractivity contribution in [3.8, 4) is 11.6 Å². The number of benzene rings is 1. The summed E-state index contributed by atoms with van der Waals surface area (Å²) in [6.45, 7) is 2.65. The zero-order chi connectivity index (χ0) is 20.9. The van der Waals surface area contributed by atoms with Crippen LogP contribution in [-0.4, -0.2) is 29.0 Å². The van der Waals surface area contributed by atoms with Crippen LogP contribution in [0.3, 0.4) is 0 Å². The first-order valence-corrected chi connectivity index (χ1v) is 8.02. The molecule has 0 aliphatic heterocycles. The number of halogens is 3. The number of aryl methyl sites for hydroxylation is 1. The van der Waals surface area contributed by atoms with Gasteiger partial charge in [-0.15, -0.1) is 0 Å². The summed E-state index contributed by atoms with van der Waals surface area (Å²) in [5.74, 6) is -0.959. The average Bonchev–Trinajstić information content (AvgIpc) is 2.59. The van der Waals surface area contributed by atoms with Crippen molar-refractivity contribution < 1.29 is 32.4 Å². The monoisotopic (exact) mass is 399 g/mol. The van der Waals surface area contributed by atoms with E-state index < -0.39 is 29.2 Å². The SMILES string of the molecule is CCOC(=O)CNc1ccc(Oc2ccc([N+](=O)[O-])c(C)n2)cc1C(F)(F)F. The summed E-state index contributed by atoms with van der Waals surface area (Å²) in [4.78, 5) is 25.4. The molecule has 1 aromatic heterocycles. The van der Waals surface area contributed by atoms with E-state index in [1.165, 1.54) is 19.1 Å². The van der Waals surface area contributed by atoms with Crippen molar-refractivity contribution in [1.29, 1.82) is 0 Å². The van der Waals surface area contributed by atoms with E-state index >= 15 is 0 Å². The van der Waals surface area contributed by atoms with Gasteiger partial charge in [0.25, 0.3) is 5.69 Å². The van der Waals surface area contributed by atoms with E-state index in [2.05, 4.69) is 15.0 Å². The number of hydrogen-bond donors (Lipinski definition) is 1. The predicted octanol–water partition coefficient (Wildman–Crippen LogP) is 4.08. The third kappa shape index (κ3) is 5.32. The summed E-state index contributed by atoms with van der Waals surface area (Å²) in [7, 11) is 0. The molecule has 1 heterocycles. The highest BCUT2D eigenvalue weighted by molar-refractivity contribution is 5.75. The number of nitrogens with one attached hydrogen (secondary N) is 1. The van der Waals surface area contributed by atoms with Crippen LogP contribution >= 0.6 is 0 Å². The Morgan fingerprint density at radius 1 is 1.29 bits per heavy atom. The van der Waals surface area contributed by atoms with Crippen molar-refractivity contribution in [2.45, 2.75) is 20.0 Å². The molecule has 2 rings (SSSR count). The Kier molecular flexibility index (Phi) is 6.39. The van der Waals surface area contributed by atoms with Crippen molar-refractivity contribution in [1.82, 2.24) is 4.98 Å². The number of hydrogen-bond acceptors (Lipinski definition) is 7. The second-order valence-electron chi connectivity index (χ2n) is 5.48. The highest BCUT2D eigenvalue weighted by atomic mass is 19.4. The first-order chi connectivity index (χ1) is 13.1. The summed E-state index contributed by atoms with van der Waals surface area (Å²) >= 11 is 0. The molecule has 0 bridgehead atoms. The van der Waals surface area contributed by atoms with E-state index in [0.717, 1.165) is 18.2 Å². The number of ether oxygens (including phenoxy) is 2. The van der Waals surface area contributed by atoms with Crippen LogP contribution in [0.1, 0.15) is 18.2 Å². The molecule has 11 heteroatoms. The Morgan fingerprint density at radius 2 is 2.00 bits per heavy atom. The molecule has 150 valence electrons. The number of esters is 1. The molecule has 0 aliphatic rings. The maximum atomic E-state index is 13.3. The largest absolute Gasteiger partial charge is 0.465 e. The molecule has 1 aromatic carbocycles. The van der Waals surface area contributed by atoms with Crippen molar-refractivity contribution in [3.05, 3.63) is 51.7 Å². The first-order valence-electron chi connectivity index (χ1n) is 8.02. The molecule has 0 radical (unpaired) electrons. The number of nitro groups is 1. The van der Waals surface area contributed by atoms with Gasteiger partial charge in [0, 0.05) is 17.8 Å². The lowest BCUT2D eigenvalue weighted by Crippen LogP contribution is -2.19. The van der Waals surface area contributed by atoms with Gasteiger partial charge in [0.05, 0.1) is 17.1 Å². The van der Waals surface area contributed by atoms with E-state index in [-0.39, 0.29) is 35.3 Å². The normalized spacial score (nSPS) is 11.0. The minimum absolute atomic E-state index is 0.0614. The van der Waals surface area contributed by atoms with Gasteiger partial charge in [0.1, 0.15) is 18.0 Å². The molecule has 8 nitrogen and oxygen atoms in total. The average molecular weight is 399 g/mol. The van der Waals surface area contributed by atoms with Crippen LogP contribution < -0.4 is 10.1 Å². The second kappa shape index (κ2) is 8.55. The lowest BCUT2D eigenvalue weighted by molar-refractivity contribution is -0.385. The minimum atomic E-state index is -4.71. The van der Waals surface area contributed by atoms with Crippen LogP contribution in [0.4, 0.5) is 24.5 Å². The molecular weight excluding hydrogens is 383 g/mol. The Bertz CT molecular complexity index is 887. The van der Waals surface area contributed by atoms with Crippen molar-refractivity contribution in [2.24, 2.45) is 0 Å². The maximum Gasteiger partial charge on any atom is 0.418 e. The van der Waals surface area contributed by atoms with E-state index in [0.29, 0.717) is 0 Å². The minimum Gasteiger partial charge on any atom is -0.465 e. The molecule has 0 saturated heterocycles. The topological polar surface area (TPSA) is 104 Å². The van der Waals surface area contributed by atoms with E-state index in [1.807, 2.05) is 0 Å². The van der Waals surface area contributed by atoms with Crippen LogP contribution in [0.5, 0.6) is 11.6 Å². The van der Waals surface area contributed by atoms with Gasteiger partial charge in [-0.3, -0.25) is 14.9 Å². The Balaban J connectivity index is 2.25. The van der Waals surface area contributed by atoms with Crippen LogP contribution in [0.15, 0.2) is 30.3 Å². The molecule has 1 N–H and O–H groups in total. The van der Waals surface area contributed by atoms with Crippen molar-refractivity contribution in [2.75, 3.05) is 18.5 Å². The smallest absolute Gasteiger partial charge is 0.418 e. The number of nitrogens with zero attached hydrogens (tertiary/aromatic N) is 2. The quantitative estimate of drug-likeness (QED) is 0.425. The van der Waals surface area contributed by atoms with E-state index in [4.69, 9.17) is 4.74 Å². The zero-order valence-electron chi connectivity index (χ0n) is 14.9. The Morgan fingerprint density at radius 3 is 2.57 bits per heavy atom. The lowest BCUT2D eigenvalue weighted by atomic mass is 10.1. The molecule has 0 amide bonds. The highest BCUT2D eigenvalue weighted by Crippen LogP contribution is 2.38. The third-order valence-electron chi connectivity index (χ3n) is 3.48. The molecule has 0 atom stereocenters. The Hall–Kier alpha value is -3.37. The summed E-state index contributed by atoms with van der Waals surface area (Å²) in [5, 5.41) is 13.2. The molecule has 0 fully saturated rings. The summed E-state index contributed by atoms with van der Waals surface area (Å²) < 4.78 is 50.0. The molecule has 0 saturated carbocycles. The summed E-state index contributed by atoms with van der Waals surface area (Å²) in [5.41, 5.74) is -1.54. The molecule has 0 unspecified atom stereocenters. The summed E-state index contributed by atoms with van der Waals surface area (Å²) in [6.07, 6.45) is -4.71. The Labute approximate surface area is 157 Å². The third-order valence-corrected chi connectivity index (χ3v) is 3.48. The van der Waals surface area contributed by atoms with Gasteiger partial charge in [-0.25, -0.2) is 4.98 Å². The van der Waals surface area contributed by atoms with E-state index in [9.17, 15) is 28.1 Å². The van der Waals surface area contributed by atoms with Gasteiger partial charge < -0.3 is 14.8 Å². The molecule has 2 aromatic rings. The van der Waals surface area contributed by atoms with Crippen LogP contribution in [-0.2, 0) is 15.7 Å².